The van der Waals surface area contributed by atoms with Gasteiger partial charge >= 0.3 is 0 Å². The topological polar surface area (TPSA) is 43.9 Å². The first-order valence-corrected chi connectivity index (χ1v) is 7.89. The Balaban J connectivity index is 1.87. The molecule has 1 saturated carbocycles. The highest BCUT2D eigenvalue weighted by Gasteiger charge is 2.28. The highest BCUT2D eigenvalue weighted by atomic mass is 16.2. The molecule has 0 atom stereocenters. The van der Waals surface area contributed by atoms with Gasteiger partial charge in [0.15, 0.2) is 0 Å². The van der Waals surface area contributed by atoms with E-state index in [1.54, 1.807) is 11.8 Å². The number of nitrogens with zero attached hydrogens (tertiary/aromatic N) is 3. The van der Waals surface area contributed by atoms with Crippen LogP contribution < -0.4 is 0 Å². The molecule has 0 unspecified atom stereocenters. The molecule has 0 aromatic heterocycles. The van der Waals surface area contributed by atoms with E-state index in [2.05, 4.69) is 11.8 Å². The summed E-state index contributed by atoms with van der Waals surface area (Å²) < 4.78 is 0. The molecule has 1 aliphatic carbocycles. The van der Waals surface area contributed by atoms with Gasteiger partial charge in [-0.05, 0) is 19.4 Å². The van der Waals surface area contributed by atoms with Crippen LogP contribution in [-0.2, 0) is 9.59 Å². The number of carbonyl (C=O) groups is 2. The second kappa shape index (κ2) is 7.07. The van der Waals surface area contributed by atoms with Crippen molar-refractivity contribution in [2.24, 2.45) is 0 Å². The molecule has 1 heterocycles. The molecule has 2 amide bonds. The molecule has 2 aliphatic rings. The fraction of sp³-hybridized carbons (Fsp3) is 0.867. The van der Waals surface area contributed by atoms with Gasteiger partial charge in [-0.15, -0.1) is 0 Å². The molecule has 2 fully saturated rings. The van der Waals surface area contributed by atoms with E-state index in [9.17, 15) is 9.59 Å². The smallest absolute Gasteiger partial charge is 0.242 e. The minimum Gasteiger partial charge on any atom is -0.339 e. The van der Waals surface area contributed by atoms with Crippen LogP contribution in [-0.4, -0.2) is 71.8 Å². The largest absolute Gasteiger partial charge is 0.339 e. The van der Waals surface area contributed by atoms with E-state index < -0.39 is 0 Å². The van der Waals surface area contributed by atoms with Crippen LogP contribution >= 0.6 is 0 Å². The molecule has 2 rings (SSSR count). The third-order valence-corrected chi connectivity index (χ3v) is 4.65. The summed E-state index contributed by atoms with van der Waals surface area (Å²) in [7, 11) is 0. The summed E-state index contributed by atoms with van der Waals surface area (Å²) in [5.41, 5.74) is 0. The Morgan fingerprint density at radius 2 is 1.70 bits per heavy atom. The number of piperazine rings is 1. The summed E-state index contributed by atoms with van der Waals surface area (Å²) in [6, 6.07) is 0.286. The Hall–Kier alpha value is -1.10. The van der Waals surface area contributed by atoms with Crippen molar-refractivity contribution >= 4 is 11.8 Å². The van der Waals surface area contributed by atoms with Crippen LogP contribution in [0.15, 0.2) is 0 Å². The molecule has 5 nitrogen and oxygen atoms in total. The Morgan fingerprint density at radius 3 is 2.20 bits per heavy atom. The van der Waals surface area contributed by atoms with E-state index >= 15 is 0 Å². The van der Waals surface area contributed by atoms with Crippen LogP contribution in [0.25, 0.3) is 0 Å². The fourth-order valence-corrected chi connectivity index (χ4v) is 3.27. The van der Waals surface area contributed by atoms with Gasteiger partial charge in [0.05, 0.1) is 6.54 Å². The molecule has 0 aromatic rings. The van der Waals surface area contributed by atoms with Gasteiger partial charge in [0.25, 0.3) is 0 Å². The minimum atomic E-state index is 0.0393. The maximum Gasteiger partial charge on any atom is 0.242 e. The lowest BCUT2D eigenvalue weighted by Gasteiger charge is -2.36. The van der Waals surface area contributed by atoms with E-state index in [-0.39, 0.29) is 24.4 Å². The van der Waals surface area contributed by atoms with Gasteiger partial charge in [0, 0.05) is 39.1 Å². The van der Waals surface area contributed by atoms with Crippen LogP contribution in [0.3, 0.4) is 0 Å². The lowest BCUT2D eigenvalue weighted by molar-refractivity contribution is -0.142. The molecular formula is C15H27N3O2. The van der Waals surface area contributed by atoms with Gasteiger partial charge < -0.3 is 14.7 Å². The number of likely N-dealkylation sites (N-methyl/N-ethyl adjacent to an activating group) is 1. The van der Waals surface area contributed by atoms with Gasteiger partial charge in [-0.25, -0.2) is 0 Å². The van der Waals surface area contributed by atoms with Crippen LogP contribution in [0.4, 0.5) is 0 Å². The molecule has 5 heteroatoms. The normalized spacial score (nSPS) is 21.2. The first kappa shape index (κ1) is 15.3. The van der Waals surface area contributed by atoms with Crippen molar-refractivity contribution in [2.45, 2.75) is 45.6 Å². The van der Waals surface area contributed by atoms with Crippen molar-refractivity contribution in [2.75, 3.05) is 39.3 Å². The first-order chi connectivity index (χ1) is 9.61. The summed E-state index contributed by atoms with van der Waals surface area (Å²) in [6.07, 6.45) is 4.46. The van der Waals surface area contributed by atoms with Gasteiger partial charge in [-0.1, -0.05) is 19.8 Å². The zero-order valence-electron chi connectivity index (χ0n) is 12.8. The molecule has 0 bridgehead atoms. The summed E-state index contributed by atoms with van der Waals surface area (Å²) in [5.74, 6) is 0.153. The van der Waals surface area contributed by atoms with Gasteiger partial charge in [0.1, 0.15) is 0 Å². The van der Waals surface area contributed by atoms with Crippen molar-refractivity contribution < 1.29 is 9.59 Å². The monoisotopic (exact) mass is 281 g/mol. The van der Waals surface area contributed by atoms with E-state index in [0.29, 0.717) is 0 Å². The number of hydrogen-bond donors (Lipinski definition) is 0. The quantitative estimate of drug-likeness (QED) is 0.770. The molecule has 114 valence electrons. The third kappa shape index (κ3) is 3.72. The van der Waals surface area contributed by atoms with E-state index in [1.165, 1.54) is 12.8 Å². The average molecular weight is 281 g/mol. The van der Waals surface area contributed by atoms with Crippen molar-refractivity contribution in [1.82, 2.24) is 14.7 Å². The Bertz CT molecular complexity index is 345. The molecule has 20 heavy (non-hydrogen) atoms. The number of carbonyl (C=O) groups excluding carboxylic acids is 2. The average Bonchev–Trinajstić information content (AvgIpc) is 2.98. The summed E-state index contributed by atoms with van der Waals surface area (Å²) in [6.45, 7) is 8.54. The zero-order valence-corrected chi connectivity index (χ0v) is 12.8. The predicted molar refractivity (Wildman–Crippen MR) is 78.3 cm³/mol. The SMILES string of the molecule is CCN1CCN(C(=O)CN(C(C)=O)C2CCCC2)CC1. The number of hydrogen-bond acceptors (Lipinski definition) is 3. The summed E-state index contributed by atoms with van der Waals surface area (Å²) in [5, 5.41) is 0. The molecule has 0 aromatic carbocycles. The molecule has 1 saturated heterocycles. The van der Waals surface area contributed by atoms with Crippen LogP contribution in [0, 0.1) is 0 Å². The summed E-state index contributed by atoms with van der Waals surface area (Å²) >= 11 is 0. The lowest BCUT2D eigenvalue weighted by atomic mass is 10.2. The zero-order chi connectivity index (χ0) is 14.5. The second-order valence-corrected chi connectivity index (χ2v) is 5.90. The van der Waals surface area contributed by atoms with E-state index in [1.807, 2.05) is 4.90 Å². The molecular weight excluding hydrogens is 254 g/mol. The Morgan fingerprint density at radius 1 is 1.10 bits per heavy atom. The van der Waals surface area contributed by atoms with Crippen LogP contribution in [0.2, 0.25) is 0 Å². The second-order valence-electron chi connectivity index (χ2n) is 5.90. The number of rotatable bonds is 4. The van der Waals surface area contributed by atoms with E-state index in [0.717, 1.165) is 45.6 Å². The fourth-order valence-electron chi connectivity index (χ4n) is 3.27. The highest BCUT2D eigenvalue weighted by Crippen LogP contribution is 2.23. The van der Waals surface area contributed by atoms with Gasteiger partial charge in [-0.2, -0.15) is 0 Å². The summed E-state index contributed by atoms with van der Waals surface area (Å²) in [4.78, 5) is 30.2. The Labute approximate surface area is 121 Å². The molecule has 0 radical (unpaired) electrons. The predicted octanol–water partition coefficient (Wildman–Crippen LogP) is 0.942. The molecule has 1 aliphatic heterocycles. The van der Waals surface area contributed by atoms with Crippen molar-refractivity contribution in [1.29, 1.82) is 0 Å². The first-order valence-electron chi connectivity index (χ1n) is 7.89. The van der Waals surface area contributed by atoms with Crippen molar-refractivity contribution in [3.05, 3.63) is 0 Å². The lowest BCUT2D eigenvalue weighted by Crippen LogP contribution is -2.52. The van der Waals surface area contributed by atoms with Crippen molar-refractivity contribution in [3.63, 3.8) is 0 Å². The van der Waals surface area contributed by atoms with Gasteiger partial charge in [-0.3, -0.25) is 9.59 Å². The third-order valence-electron chi connectivity index (χ3n) is 4.65. The standard InChI is InChI=1S/C15H27N3O2/c1-3-16-8-10-17(11-9-16)15(20)12-18(13(2)19)14-6-4-5-7-14/h14H,3-12H2,1-2H3. The van der Waals surface area contributed by atoms with Crippen LogP contribution in [0.1, 0.15) is 39.5 Å². The molecule has 0 spiro atoms. The maximum absolute atomic E-state index is 12.4. The van der Waals surface area contributed by atoms with Crippen molar-refractivity contribution in [3.8, 4) is 0 Å². The minimum absolute atomic E-state index is 0.0393. The highest BCUT2D eigenvalue weighted by molar-refractivity contribution is 5.84. The maximum atomic E-state index is 12.4. The van der Waals surface area contributed by atoms with Gasteiger partial charge in [0.2, 0.25) is 11.8 Å². The van der Waals surface area contributed by atoms with E-state index in [4.69, 9.17) is 0 Å². The molecule has 0 N–H and O–H groups in total. The number of amides is 2. The Kier molecular flexibility index (Phi) is 5.40. The van der Waals surface area contributed by atoms with Crippen LogP contribution in [0.5, 0.6) is 0 Å².